The topological polar surface area (TPSA) is 132 Å². The minimum atomic E-state index is 0.146. The summed E-state index contributed by atoms with van der Waals surface area (Å²) in [5.74, 6) is 0.781. The molecular formula is C14H30N8. The Bertz CT molecular complexity index is 392. The first-order valence-electron chi connectivity index (χ1n) is 8.15. The standard InChI is InChI=1S/C14H30N8/c1-2-3-8-11-22(18-10-7-5-4-6-9-15)14-20-12(16)19-13(17)21-14/h18H,2-11,15H2,1H3,(H4,16,17,19,20,21). The van der Waals surface area contributed by atoms with E-state index in [1.165, 1.54) is 6.42 Å². The number of hydrazine groups is 1. The Morgan fingerprint density at radius 2 is 1.59 bits per heavy atom. The van der Waals surface area contributed by atoms with Crippen LogP contribution in [0.15, 0.2) is 0 Å². The summed E-state index contributed by atoms with van der Waals surface area (Å²) in [6.07, 6.45) is 7.87. The third-order valence-corrected chi connectivity index (χ3v) is 3.32. The molecule has 8 heteroatoms. The second kappa shape index (κ2) is 11.0. The van der Waals surface area contributed by atoms with E-state index < -0.39 is 0 Å². The number of anilines is 3. The van der Waals surface area contributed by atoms with Crippen molar-refractivity contribution in [2.24, 2.45) is 5.73 Å². The molecule has 1 aromatic rings. The van der Waals surface area contributed by atoms with Crippen molar-refractivity contribution in [2.45, 2.75) is 51.9 Å². The van der Waals surface area contributed by atoms with Crippen molar-refractivity contribution < 1.29 is 0 Å². The fraction of sp³-hybridized carbons (Fsp3) is 0.786. The van der Waals surface area contributed by atoms with Gasteiger partial charge in [-0.1, -0.05) is 32.6 Å². The van der Waals surface area contributed by atoms with E-state index in [9.17, 15) is 0 Å². The monoisotopic (exact) mass is 310 g/mol. The summed E-state index contributed by atoms with van der Waals surface area (Å²) in [4.78, 5) is 12.1. The number of nitrogens with zero attached hydrogens (tertiary/aromatic N) is 4. The number of unbranched alkanes of at least 4 members (excludes halogenated alkanes) is 5. The number of hydrogen-bond donors (Lipinski definition) is 4. The minimum Gasteiger partial charge on any atom is -0.368 e. The Morgan fingerprint density at radius 1 is 0.909 bits per heavy atom. The Balaban J connectivity index is 2.51. The smallest absolute Gasteiger partial charge is 0.246 e. The van der Waals surface area contributed by atoms with E-state index in [-0.39, 0.29) is 11.9 Å². The van der Waals surface area contributed by atoms with Crippen LogP contribution in [0.1, 0.15) is 51.9 Å². The lowest BCUT2D eigenvalue weighted by atomic mass is 10.2. The molecule has 7 N–H and O–H groups in total. The van der Waals surface area contributed by atoms with Gasteiger partial charge >= 0.3 is 0 Å². The Hall–Kier alpha value is -1.67. The molecule has 22 heavy (non-hydrogen) atoms. The van der Waals surface area contributed by atoms with Gasteiger partial charge in [0.25, 0.3) is 0 Å². The quantitative estimate of drug-likeness (QED) is 0.333. The van der Waals surface area contributed by atoms with Crippen LogP contribution in [-0.4, -0.2) is 34.6 Å². The molecule has 0 radical (unpaired) electrons. The maximum absolute atomic E-state index is 5.65. The number of nitrogens with one attached hydrogen (secondary N) is 1. The predicted molar refractivity (Wildman–Crippen MR) is 91.0 cm³/mol. The van der Waals surface area contributed by atoms with Crippen molar-refractivity contribution >= 4 is 17.8 Å². The Kier molecular flexibility index (Phi) is 9.17. The predicted octanol–water partition coefficient (Wildman–Crippen LogP) is 1.06. The van der Waals surface area contributed by atoms with Gasteiger partial charge in [0.15, 0.2) is 0 Å². The van der Waals surface area contributed by atoms with Crippen LogP contribution in [-0.2, 0) is 0 Å². The van der Waals surface area contributed by atoms with Gasteiger partial charge in [0.1, 0.15) is 0 Å². The SMILES string of the molecule is CCCCCN(NCCCCCCN)c1nc(N)nc(N)n1. The number of nitrogen functional groups attached to an aromatic ring is 2. The van der Waals surface area contributed by atoms with E-state index >= 15 is 0 Å². The molecule has 0 saturated heterocycles. The first-order valence-corrected chi connectivity index (χ1v) is 8.15. The average molecular weight is 310 g/mol. The first kappa shape index (κ1) is 18.4. The largest absolute Gasteiger partial charge is 0.368 e. The van der Waals surface area contributed by atoms with Crippen molar-refractivity contribution in [3.63, 3.8) is 0 Å². The van der Waals surface area contributed by atoms with Gasteiger partial charge in [-0.2, -0.15) is 15.0 Å². The summed E-state index contributed by atoms with van der Waals surface area (Å²) in [6, 6.07) is 0. The highest BCUT2D eigenvalue weighted by atomic mass is 15.5. The molecule has 8 nitrogen and oxygen atoms in total. The van der Waals surface area contributed by atoms with Crippen LogP contribution in [0.25, 0.3) is 0 Å². The number of aromatic nitrogens is 3. The van der Waals surface area contributed by atoms with Gasteiger partial charge in [-0.05, 0) is 25.8 Å². The normalized spacial score (nSPS) is 10.8. The highest BCUT2D eigenvalue weighted by Crippen LogP contribution is 2.10. The van der Waals surface area contributed by atoms with Crippen molar-refractivity contribution in [3.05, 3.63) is 0 Å². The maximum atomic E-state index is 5.65. The summed E-state index contributed by atoms with van der Waals surface area (Å²) < 4.78 is 0. The molecule has 0 aliphatic carbocycles. The van der Waals surface area contributed by atoms with Gasteiger partial charge in [-0.25, -0.2) is 5.43 Å². The van der Waals surface area contributed by atoms with Crippen molar-refractivity contribution in [1.82, 2.24) is 20.4 Å². The van der Waals surface area contributed by atoms with E-state index in [4.69, 9.17) is 17.2 Å². The second-order valence-electron chi connectivity index (χ2n) is 5.32. The van der Waals surface area contributed by atoms with E-state index in [2.05, 4.69) is 27.3 Å². The van der Waals surface area contributed by atoms with Crippen LogP contribution >= 0.6 is 0 Å². The van der Waals surface area contributed by atoms with E-state index in [0.29, 0.717) is 5.95 Å². The molecule has 0 unspecified atom stereocenters. The van der Waals surface area contributed by atoms with Crippen molar-refractivity contribution in [2.75, 3.05) is 36.1 Å². The fourth-order valence-electron chi connectivity index (χ4n) is 2.12. The molecule has 1 aromatic heterocycles. The lowest BCUT2D eigenvalue weighted by Crippen LogP contribution is -2.41. The summed E-state index contributed by atoms with van der Waals surface area (Å²) in [5, 5.41) is 1.92. The molecule has 1 rings (SSSR count). The first-order chi connectivity index (χ1) is 10.7. The number of hydrogen-bond acceptors (Lipinski definition) is 8. The molecule has 0 aliphatic heterocycles. The molecule has 0 aromatic carbocycles. The molecule has 1 heterocycles. The van der Waals surface area contributed by atoms with E-state index in [0.717, 1.165) is 58.2 Å². The van der Waals surface area contributed by atoms with E-state index in [1.54, 1.807) is 0 Å². The van der Waals surface area contributed by atoms with Crippen molar-refractivity contribution in [1.29, 1.82) is 0 Å². The molecule has 0 fully saturated rings. The van der Waals surface area contributed by atoms with Crippen LogP contribution in [0.5, 0.6) is 0 Å². The van der Waals surface area contributed by atoms with Crippen LogP contribution in [0.2, 0.25) is 0 Å². The zero-order valence-electron chi connectivity index (χ0n) is 13.6. The third-order valence-electron chi connectivity index (χ3n) is 3.32. The van der Waals surface area contributed by atoms with Gasteiger partial charge in [0.05, 0.1) is 0 Å². The lowest BCUT2D eigenvalue weighted by Gasteiger charge is -2.23. The number of rotatable bonds is 12. The molecule has 0 amide bonds. The molecule has 0 spiro atoms. The lowest BCUT2D eigenvalue weighted by molar-refractivity contribution is 0.540. The Labute approximate surface area is 132 Å². The van der Waals surface area contributed by atoms with E-state index in [1.807, 2.05) is 5.01 Å². The van der Waals surface area contributed by atoms with Gasteiger partial charge in [0, 0.05) is 13.1 Å². The zero-order valence-corrected chi connectivity index (χ0v) is 13.6. The molecule has 126 valence electrons. The van der Waals surface area contributed by atoms with Crippen LogP contribution in [0.4, 0.5) is 17.8 Å². The summed E-state index contributed by atoms with van der Waals surface area (Å²) >= 11 is 0. The summed E-state index contributed by atoms with van der Waals surface area (Å²) in [6.45, 7) is 4.62. The third kappa shape index (κ3) is 7.37. The van der Waals surface area contributed by atoms with Crippen LogP contribution < -0.4 is 27.6 Å². The molecule has 0 bridgehead atoms. The molecule has 0 aliphatic rings. The highest BCUT2D eigenvalue weighted by molar-refractivity contribution is 5.38. The Morgan fingerprint density at radius 3 is 2.23 bits per heavy atom. The van der Waals surface area contributed by atoms with Crippen molar-refractivity contribution in [3.8, 4) is 0 Å². The van der Waals surface area contributed by atoms with Gasteiger partial charge in [-0.15, -0.1) is 0 Å². The zero-order chi connectivity index (χ0) is 16.2. The van der Waals surface area contributed by atoms with Gasteiger partial charge < -0.3 is 17.2 Å². The molecular weight excluding hydrogens is 280 g/mol. The average Bonchev–Trinajstić information content (AvgIpc) is 2.48. The van der Waals surface area contributed by atoms with Crippen LogP contribution in [0.3, 0.4) is 0 Å². The number of nitrogens with two attached hydrogens (primary N) is 3. The summed E-state index contributed by atoms with van der Waals surface area (Å²) in [7, 11) is 0. The van der Waals surface area contributed by atoms with Gasteiger partial charge in [0.2, 0.25) is 17.8 Å². The fourth-order valence-corrected chi connectivity index (χ4v) is 2.12. The van der Waals surface area contributed by atoms with Crippen LogP contribution in [0, 0.1) is 0 Å². The maximum Gasteiger partial charge on any atom is 0.246 e. The minimum absolute atomic E-state index is 0.146. The van der Waals surface area contributed by atoms with Gasteiger partial charge in [-0.3, -0.25) is 5.01 Å². The highest BCUT2D eigenvalue weighted by Gasteiger charge is 2.11. The molecule has 0 atom stereocenters. The molecule has 0 saturated carbocycles. The second-order valence-corrected chi connectivity index (χ2v) is 5.32. The summed E-state index contributed by atoms with van der Waals surface area (Å²) in [5.41, 5.74) is 20.2.